The molecule has 1 N–H and O–H groups in total. The van der Waals surface area contributed by atoms with E-state index in [0.29, 0.717) is 12.5 Å². The molecule has 2 rings (SSSR count). The highest BCUT2D eigenvalue weighted by atomic mass is 16.1. The Labute approximate surface area is 133 Å². The van der Waals surface area contributed by atoms with E-state index in [1.54, 1.807) is 0 Å². The Morgan fingerprint density at radius 1 is 1.14 bits per heavy atom. The molecule has 118 valence electrons. The monoisotopic (exact) mass is 298 g/mol. The Morgan fingerprint density at radius 2 is 1.86 bits per heavy atom. The van der Waals surface area contributed by atoms with Gasteiger partial charge in [0.2, 0.25) is 0 Å². The molecule has 0 saturated heterocycles. The Morgan fingerprint density at radius 3 is 2.50 bits per heavy atom. The van der Waals surface area contributed by atoms with Crippen molar-refractivity contribution in [1.82, 2.24) is 9.88 Å². The average Bonchev–Trinajstić information content (AvgIpc) is 2.46. The molecule has 2 aromatic rings. The van der Waals surface area contributed by atoms with Crippen LogP contribution in [0.5, 0.6) is 0 Å². The summed E-state index contributed by atoms with van der Waals surface area (Å²) in [6, 6.07) is 10.4. The SMILES string of the molecule is CNCc1ccc(-c2cc(C)ccc2C)n(CC(C)C)c1=O. The van der Waals surface area contributed by atoms with Crippen molar-refractivity contribution in [3.8, 4) is 11.3 Å². The Kier molecular flexibility index (Phi) is 5.19. The van der Waals surface area contributed by atoms with E-state index in [4.69, 9.17) is 0 Å². The van der Waals surface area contributed by atoms with E-state index in [2.05, 4.69) is 57.3 Å². The fourth-order valence-electron chi connectivity index (χ4n) is 2.74. The molecule has 0 spiro atoms. The van der Waals surface area contributed by atoms with Crippen LogP contribution in [-0.4, -0.2) is 11.6 Å². The van der Waals surface area contributed by atoms with Crippen LogP contribution in [0.25, 0.3) is 11.3 Å². The summed E-state index contributed by atoms with van der Waals surface area (Å²) in [4.78, 5) is 12.8. The number of aromatic nitrogens is 1. The number of hydrogen-bond donors (Lipinski definition) is 1. The van der Waals surface area contributed by atoms with Crippen LogP contribution in [0.1, 0.15) is 30.5 Å². The van der Waals surface area contributed by atoms with Crippen LogP contribution in [0.15, 0.2) is 35.1 Å². The average molecular weight is 298 g/mol. The topological polar surface area (TPSA) is 34.0 Å². The Balaban J connectivity index is 2.67. The largest absolute Gasteiger partial charge is 0.315 e. The lowest BCUT2D eigenvalue weighted by atomic mass is 10.0. The van der Waals surface area contributed by atoms with E-state index in [-0.39, 0.29) is 5.56 Å². The molecule has 0 fully saturated rings. The molecule has 3 heteroatoms. The molecular weight excluding hydrogens is 272 g/mol. The lowest BCUT2D eigenvalue weighted by Gasteiger charge is -2.18. The lowest BCUT2D eigenvalue weighted by molar-refractivity contribution is 0.511. The van der Waals surface area contributed by atoms with Gasteiger partial charge in [-0.2, -0.15) is 0 Å². The third-order valence-corrected chi connectivity index (χ3v) is 3.84. The molecule has 22 heavy (non-hydrogen) atoms. The first-order chi connectivity index (χ1) is 10.4. The maximum absolute atomic E-state index is 12.8. The molecule has 0 atom stereocenters. The minimum Gasteiger partial charge on any atom is -0.315 e. The van der Waals surface area contributed by atoms with E-state index < -0.39 is 0 Å². The highest BCUT2D eigenvalue weighted by molar-refractivity contribution is 5.65. The van der Waals surface area contributed by atoms with Crippen molar-refractivity contribution >= 4 is 0 Å². The molecule has 0 amide bonds. The zero-order chi connectivity index (χ0) is 16.3. The van der Waals surface area contributed by atoms with Gasteiger partial charge in [-0.1, -0.05) is 37.6 Å². The number of nitrogens with one attached hydrogen (secondary N) is 1. The number of benzene rings is 1. The molecule has 0 saturated carbocycles. The van der Waals surface area contributed by atoms with E-state index >= 15 is 0 Å². The standard InChI is InChI=1S/C19H26N2O/c1-13(2)12-21-18(9-8-16(11-20-5)19(21)22)17-10-14(3)6-7-15(17)4/h6-10,13,20H,11-12H2,1-5H3. The van der Waals surface area contributed by atoms with Crippen molar-refractivity contribution in [3.05, 3.63) is 57.4 Å². The predicted octanol–water partition coefficient (Wildman–Crippen LogP) is 3.51. The second-order valence-electron chi connectivity index (χ2n) is 6.40. The van der Waals surface area contributed by atoms with Crippen molar-refractivity contribution in [2.45, 2.75) is 40.8 Å². The highest BCUT2D eigenvalue weighted by Gasteiger charge is 2.13. The third-order valence-electron chi connectivity index (χ3n) is 3.84. The van der Waals surface area contributed by atoms with E-state index in [1.807, 2.05) is 17.7 Å². The Hall–Kier alpha value is -1.87. The van der Waals surface area contributed by atoms with Gasteiger partial charge in [-0.15, -0.1) is 0 Å². The molecule has 0 unspecified atom stereocenters. The summed E-state index contributed by atoms with van der Waals surface area (Å²) < 4.78 is 1.93. The van der Waals surface area contributed by atoms with Gasteiger partial charge in [0.15, 0.2) is 0 Å². The van der Waals surface area contributed by atoms with E-state index in [0.717, 1.165) is 23.4 Å². The van der Waals surface area contributed by atoms with Crippen molar-refractivity contribution < 1.29 is 0 Å². The molecule has 1 heterocycles. The molecule has 1 aromatic carbocycles. The number of pyridine rings is 1. The minimum absolute atomic E-state index is 0.112. The lowest BCUT2D eigenvalue weighted by Crippen LogP contribution is -2.29. The second-order valence-corrected chi connectivity index (χ2v) is 6.40. The summed E-state index contributed by atoms with van der Waals surface area (Å²) in [5, 5.41) is 3.07. The van der Waals surface area contributed by atoms with Crippen LogP contribution in [0.3, 0.4) is 0 Å². The van der Waals surface area contributed by atoms with Crippen molar-refractivity contribution in [1.29, 1.82) is 0 Å². The minimum atomic E-state index is 0.112. The summed E-state index contributed by atoms with van der Waals surface area (Å²) in [6.07, 6.45) is 0. The fraction of sp³-hybridized carbons (Fsp3) is 0.421. The van der Waals surface area contributed by atoms with Crippen LogP contribution in [0.4, 0.5) is 0 Å². The van der Waals surface area contributed by atoms with Crippen molar-refractivity contribution in [2.24, 2.45) is 5.92 Å². The van der Waals surface area contributed by atoms with Crippen LogP contribution in [0.2, 0.25) is 0 Å². The summed E-state index contributed by atoms with van der Waals surface area (Å²) in [5.41, 5.74) is 5.50. The second kappa shape index (κ2) is 6.93. The fourth-order valence-corrected chi connectivity index (χ4v) is 2.74. The van der Waals surface area contributed by atoms with Crippen molar-refractivity contribution in [2.75, 3.05) is 7.05 Å². The van der Waals surface area contributed by atoms with Gasteiger partial charge in [-0.05, 0) is 44.5 Å². The van der Waals surface area contributed by atoms with Gasteiger partial charge in [-0.25, -0.2) is 0 Å². The van der Waals surface area contributed by atoms with Crippen LogP contribution in [-0.2, 0) is 13.1 Å². The quantitative estimate of drug-likeness (QED) is 0.916. The van der Waals surface area contributed by atoms with Gasteiger partial charge in [0.05, 0.1) is 5.69 Å². The molecule has 0 aliphatic rings. The number of rotatable bonds is 5. The molecule has 1 aromatic heterocycles. The first-order valence-electron chi connectivity index (χ1n) is 7.89. The third kappa shape index (κ3) is 3.47. The zero-order valence-electron chi connectivity index (χ0n) is 14.2. The number of nitrogens with zero attached hydrogens (tertiary/aromatic N) is 1. The molecule has 0 aliphatic carbocycles. The van der Waals surface area contributed by atoms with Gasteiger partial charge in [-0.3, -0.25) is 4.79 Å². The van der Waals surface area contributed by atoms with Crippen LogP contribution in [0, 0.1) is 19.8 Å². The van der Waals surface area contributed by atoms with E-state index in [9.17, 15) is 4.79 Å². The highest BCUT2D eigenvalue weighted by Crippen LogP contribution is 2.24. The zero-order valence-corrected chi connectivity index (χ0v) is 14.2. The Bertz CT molecular complexity index is 714. The summed E-state index contributed by atoms with van der Waals surface area (Å²) in [5.74, 6) is 0.423. The van der Waals surface area contributed by atoms with Gasteiger partial charge >= 0.3 is 0 Å². The smallest absolute Gasteiger partial charge is 0.255 e. The van der Waals surface area contributed by atoms with Gasteiger partial charge in [0, 0.05) is 24.2 Å². The summed E-state index contributed by atoms with van der Waals surface area (Å²) in [7, 11) is 1.87. The first kappa shape index (κ1) is 16.5. The maximum atomic E-state index is 12.8. The van der Waals surface area contributed by atoms with Gasteiger partial charge in [0.1, 0.15) is 0 Å². The number of hydrogen-bond acceptors (Lipinski definition) is 2. The summed E-state index contributed by atoms with van der Waals surface area (Å²) >= 11 is 0. The molecule has 0 aliphatic heterocycles. The molecule has 0 bridgehead atoms. The normalized spacial score (nSPS) is 11.2. The molecule has 0 radical (unpaired) electrons. The van der Waals surface area contributed by atoms with Gasteiger partial charge in [0.25, 0.3) is 5.56 Å². The number of aryl methyl sites for hydroxylation is 2. The molecule has 3 nitrogen and oxygen atoms in total. The maximum Gasteiger partial charge on any atom is 0.255 e. The van der Waals surface area contributed by atoms with Crippen LogP contribution >= 0.6 is 0 Å². The van der Waals surface area contributed by atoms with Gasteiger partial charge < -0.3 is 9.88 Å². The van der Waals surface area contributed by atoms with E-state index in [1.165, 1.54) is 11.1 Å². The summed E-state index contributed by atoms with van der Waals surface area (Å²) in [6.45, 7) is 9.81. The predicted molar refractivity (Wildman–Crippen MR) is 93.2 cm³/mol. The first-order valence-corrected chi connectivity index (χ1v) is 7.89. The van der Waals surface area contributed by atoms with Crippen molar-refractivity contribution in [3.63, 3.8) is 0 Å². The molecular formula is C19H26N2O. The van der Waals surface area contributed by atoms with Crippen LogP contribution < -0.4 is 10.9 Å².